The molecule has 1 amide bonds. The lowest BCUT2D eigenvalue weighted by atomic mass is 10.0. The van der Waals surface area contributed by atoms with Crippen LogP contribution in [0.3, 0.4) is 0 Å². The van der Waals surface area contributed by atoms with Gasteiger partial charge in [0.15, 0.2) is 0 Å². The number of likely N-dealkylation sites (tertiary alicyclic amines) is 1. The Bertz CT molecular complexity index is 914. The van der Waals surface area contributed by atoms with E-state index in [0.717, 1.165) is 42.1 Å². The Morgan fingerprint density at radius 1 is 1.18 bits per heavy atom. The van der Waals surface area contributed by atoms with Gasteiger partial charge in [0.1, 0.15) is 5.69 Å². The zero-order chi connectivity index (χ0) is 20.1. The molecule has 1 aliphatic heterocycles. The van der Waals surface area contributed by atoms with Crippen molar-refractivity contribution in [2.24, 2.45) is 7.05 Å². The normalized spacial score (nSPS) is 16.4. The van der Waals surface area contributed by atoms with E-state index in [1.165, 1.54) is 19.9 Å². The van der Waals surface area contributed by atoms with E-state index in [0.29, 0.717) is 11.6 Å². The summed E-state index contributed by atoms with van der Waals surface area (Å²) < 4.78 is 0.917. The van der Waals surface area contributed by atoms with Gasteiger partial charge in [0.25, 0.3) is 11.5 Å². The van der Waals surface area contributed by atoms with Gasteiger partial charge >= 0.3 is 5.69 Å². The monoisotopic (exact) mass is 404 g/mol. The maximum Gasteiger partial charge on any atom is 0.328 e. The molecule has 1 aliphatic rings. The first-order valence-corrected chi connectivity index (χ1v) is 9.92. The lowest BCUT2D eigenvalue weighted by molar-refractivity contribution is 0.0927. The highest BCUT2D eigenvalue weighted by atomic mass is 35.5. The predicted molar refractivity (Wildman–Crippen MR) is 109 cm³/mol. The molecule has 0 unspecified atom stereocenters. The van der Waals surface area contributed by atoms with Crippen LogP contribution in [0.15, 0.2) is 39.9 Å². The number of carbonyl (C=O) groups excluding carboxylic acids is 1. The van der Waals surface area contributed by atoms with Gasteiger partial charge in [-0.25, -0.2) is 4.79 Å². The molecule has 1 atom stereocenters. The Morgan fingerprint density at radius 3 is 2.50 bits per heavy atom. The lowest BCUT2D eigenvalue weighted by Crippen LogP contribution is -2.41. The van der Waals surface area contributed by atoms with Crippen LogP contribution >= 0.6 is 11.6 Å². The molecular formula is C20H25ClN4O3. The van der Waals surface area contributed by atoms with Crippen molar-refractivity contribution in [1.82, 2.24) is 19.8 Å². The number of nitrogens with zero attached hydrogens (tertiary/aromatic N) is 2. The molecule has 2 aromatic rings. The maximum absolute atomic E-state index is 12.6. The van der Waals surface area contributed by atoms with Crippen molar-refractivity contribution in [2.75, 3.05) is 19.6 Å². The Labute approximate surface area is 168 Å². The molecule has 3 rings (SSSR count). The second kappa shape index (κ2) is 9.21. The van der Waals surface area contributed by atoms with Crippen LogP contribution in [0.2, 0.25) is 5.02 Å². The summed E-state index contributed by atoms with van der Waals surface area (Å²) in [5, 5.41) is 3.52. The molecule has 2 N–H and O–H groups in total. The van der Waals surface area contributed by atoms with Crippen molar-refractivity contribution in [2.45, 2.75) is 31.7 Å². The minimum absolute atomic E-state index is 0.0399. The summed E-state index contributed by atoms with van der Waals surface area (Å²) in [6, 6.07) is 8.70. The van der Waals surface area contributed by atoms with Crippen molar-refractivity contribution >= 4 is 17.5 Å². The molecule has 0 spiro atoms. The number of H-pyrrole nitrogens is 1. The number of hydrogen-bond acceptors (Lipinski definition) is 4. The summed E-state index contributed by atoms with van der Waals surface area (Å²) in [5.41, 5.74) is -0.220. The van der Waals surface area contributed by atoms with E-state index in [4.69, 9.17) is 11.6 Å². The maximum atomic E-state index is 12.6. The van der Waals surface area contributed by atoms with Gasteiger partial charge in [-0.2, -0.15) is 0 Å². The van der Waals surface area contributed by atoms with Gasteiger partial charge in [-0.3, -0.25) is 19.1 Å². The Kier molecular flexibility index (Phi) is 6.70. The smallest absolute Gasteiger partial charge is 0.328 e. The zero-order valence-corrected chi connectivity index (χ0v) is 16.7. The van der Waals surface area contributed by atoms with Crippen LogP contribution in [-0.2, 0) is 7.05 Å². The fraction of sp³-hybridized carbons (Fsp3) is 0.450. The number of rotatable bonds is 5. The van der Waals surface area contributed by atoms with Crippen LogP contribution in [-0.4, -0.2) is 40.0 Å². The van der Waals surface area contributed by atoms with Gasteiger partial charge in [0.2, 0.25) is 0 Å². The number of aromatic nitrogens is 2. The fourth-order valence-electron chi connectivity index (χ4n) is 3.55. The summed E-state index contributed by atoms with van der Waals surface area (Å²) in [6.07, 6.45) is 4.62. The molecule has 8 heteroatoms. The number of hydrogen-bond donors (Lipinski definition) is 2. The Hall–Kier alpha value is -2.38. The quantitative estimate of drug-likeness (QED) is 0.798. The lowest BCUT2D eigenvalue weighted by Gasteiger charge is -2.31. The van der Waals surface area contributed by atoms with Gasteiger partial charge in [-0.05, 0) is 37.6 Å². The summed E-state index contributed by atoms with van der Waals surface area (Å²) in [5.74, 6) is -0.485. The third-order valence-electron chi connectivity index (χ3n) is 5.19. The number of amides is 1. The molecule has 1 fully saturated rings. The molecule has 0 saturated carbocycles. The Balaban J connectivity index is 1.81. The first-order chi connectivity index (χ1) is 13.5. The van der Waals surface area contributed by atoms with Crippen molar-refractivity contribution in [3.05, 3.63) is 67.4 Å². The van der Waals surface area contributed by atoms with E-state index in [9.17, 15) is 14.4 Å². The van der Waals surface area contributed by atoms with Crippen LogP contribution in [0, 0.1) is 0 Å². The van der Waals surface area contributed by atoms with Gasteiger partial charge in [0.05, 0.1) is 6.04 Å². The standard InChI is InChI=1S/C20H25ClN4O3/c1-24-18(26)12-16(23-20(24)28)19(27)22-13-17(14-8-4-5-9-15(14)21)25-10-6-2-3-7-11-25/h4-5,8-9,12,17H,2-3,6-7,10-11,13H2,1H3,(H,22,27)(H,23,28)/t17-/m1/s1. The molecule has 1 aromatic carbocycles. The Morgan fingerprint density at radius 2 is 1.86 bits per heavy atom. The summed E-state index contributed by atoms with van der Waals surface area (Å²) in [4.78, 5) is 40.9. The summed E-state index contributed by atoms with van der Waals surface area (Å²) in [7, 11) is 1.36. The number of nitrogens with one attached hydrogen (secondary N) is 2. The molecule has 7 nitrogen and oxygen atoms in total. The molecule has 1 saturated heterocycles. The molecule has 150 valence electrons. The van der Waals surface area contributed by atoms with Gasteiger partial charge < -0.3 is 10.3 Å². The first-order valence-electron chi connectivity index (χ1n) is 9.54. The molecule has 0 radical (unpaired) electrons. The van der Waals surface area contributed by atoms with Gasteiger partial charge in [-0.15, -0.1) is 0 Å². The van der Waals surface area contributed by atoms with Crippen molar-refractivity contribution in [1.29, 1.82) is 0 Å². The van der Waals surface area contributed by atoms with Crippen molar-refractivity contribution < 1.29 is 4.79 Å². The SMILES string of the molecule is Cn1c(=O)cc(C(=O)NC[C@H](c2ccccc2Cl)N2CCCCCC2)[nH]c1=O. The van der Waals surface area contributed by atoms with E-state index in [-0.39, 0.29) is 11.7 Å². The van der Waals surface area contributed by atoms with Crippen molar-refractivity contribution in [3.8, 4) is 0 Å². The van der Waals surface area contributed by atoms with Crippen LogP contribution in [0.25, 0.3) is 0 Å². The highest BCUT2D eigenvalue weighted by molar-refractivity contribution is 6.31. The minimum atomic E-state index is -0.618. The summed E-state index contributed by atoms with van der Waals surface area (Å²) in [6.45, 7) is 2.21. The summed E-state index contributed by atoms with van der Waals surface area (Å²) >= 11 is 6.44. The minimum Gasteiger partial charge on any atom is -0.349 e. The molecular weight excluding hydrogens is 380 g/mol. The average molecular weight is 405 g/mol. The molecule has 1 aromatic heterocycles. The number of halogens is 1. The molecule has 0 aliphatic carbocycles. The predicted octanol–water partition coefficient (Wildman–Crippen LogP) is 2.07. The van der Waals surface area contributed by atoms with Gasteiger partial charge in [0, 0.05) is 24.7 Å². The molecule has 0 bridgehead atoms. The van der Waals surface area contributed by atoms with Crippen LogP contribution in [0.4, 0.5) is 0 Å². The third-order valence-corrected chi connectivity index (χ3v) is 5.54. The highest BCUT2D eigenvalue weighted by Gasteiger charge is 2.24. The number of carbonyl (C=O) groups is 1. The first kappa shape index (κ1) is 20.4. The zero-order valence-electron chi connectivity index (χ0n) is 15.9. The number of aromatic amines is 1. The second-order valence-corrected chi connectivity index (χ2v) is 7.49. The third kappa shape index (κ3) is 4.72. The van der Waals surface area contributed by atoms with Crippen molar-refractivity contribution in [3.63, 3.8) is 0 Å². The van der Waals surface area contributed by atoms with E-state index in [1.807, 2.05) is 24.3 Å². The van der Waals surface area contributed by atoms with Crippen LogP contribution < -0.4 is 16.6 Å². The topological polar surface area (TPSA) is 87.2 Å². The van der Waals surface area contributed by atoms with Gasteiger partial charge in [-0.1, -0.05) is 42.6 Å². The highest BCUT2D eigenvalue weighted by Crippen LogP contribution is 2.29. The largest absolute Gasteiger partial charge is 0.349 e. The van der Waals surface area contributed by atoms with E-state index >= 15 is 0 Å². The van der Waals surface area contributed by atoms with E-state index in [1.54, 1.807) is 0 Å². The molecule has 28 heavy (non-hydrogen) atoms. The van der Waals surface area contributed by atoms with Crippen LogP contribution in [0.1, 0.15) is 47.8 Å². The van der Waals surface area contributed by atoms with Crippen LogP contribution in [0.5, 0.6) is 0 Å². The van der Waals surface area contributed by atoms with E-state index < -0.39 is 17.2 Å². The average Bonchev–Trinajstić information content (AvgIpc) is 2.96. The fourth-order valence-corrected chi connectivity index (χ4v) is 3.81. The molecule has 2 heterocycles. The van der Waals surface area contributed by atoms with E-state index in [2.05, 4.69) is 15.2 Å². The number of benzene rings is 1. The second-order valence-electron chi connectivity index (χ2n) is 7.08.